The van der Waals surface area contributed by atoms with Crippen LogP contribution in [0.2, 0.25) is 0 Å². The largest absolute Gasteiger partial charge is 0.281 e. The third-order valence-corrected chi connectivity index (χ3v) is 2.86. The van der Waals surface area contributed by atoms with Crippen molar-refractivity contribution < 1.29 is 0 Å². The minimum atomic E-state index is -0.00527. The summed E-state index contributed by atoms with van der Waals surface area (Å²) >= 11 is 0. The summed E-state index contributed by atoms with van der Waals surface area (Å²) in [5.74, 6) is 0. The summed E-state index contributed by atoms with van der Waals surface area (Å²) in [7, 11) is 0. The van der Waals surface area contributed by atoms with Gasteiger partial charge in [-0.3, -0.25) is 9.36 Å². The van der Waals surface area contributed by atoms with Crippen molar-refractivity contribution in [1.82, 2.24) is 4.57 Å². The van der Waals surface area contributed by atoms with Crippen molar-refractivity contribution >= 4 is 6.08 Å². The van der Waals surface area contributed by atoms with Gasteiger partial charge >= 0.3 is 0 Å². The number of benzene rings is 1. The molecule has 0 atom stereocenters. The molecule has 0 saturated carbocycles. The molecule has 0 aliphatic rings. The van der Waals surface area contributed by atoms with Crippen molar-refractivity contribution in [3.05, 3.63) is 70.2 Å². The van der Waals surface area contributed by atoms with Crippen molar-refractivity contribution in [2.45, 2.75) is 13.8 Å². The predicted octanol–water partition coefficient (Wildman–Crippen LogP) is 3.10. The number of hydrogen-bond donors (Lipinski definition) is 0. The highest BCUT2D eigenvalue weighted by molar-refractivity contribution is 5.55. The fourth-order valence-corrected chi connectivity index (χ4v) is 1.90. The lowest BCUT2D eigenvalue weighted by atomic mass is 10.1. The molecule has 17 heavy (non-hydrogen) atoms. The first-order valence-corrected chi connectivity index (χ1v) is 5.55. The molecule has 1 aromatic heterocycles. The van der Waals surface area contributed by atoms with Crippen LogP contribution in [-0.4, -0.2) is 4.57 Å². The molecule has 2 aromatic rings. The number of pyridine rings is 1. The first-order valence-electron chi connectivity index (χ1n) is 5.55. The molecular weight excluding hydrogens is 210 g/mol. The average Bonchev–Trinajstić information content (AvgIpc) is 2.31. The van der Waals surface area contributed by atoms with E-state index < -0.39 is 0 Å². The third kappa shape index (κ3) is 2.07. The van der Waals surface area contributed by atoms with Crippen LogP contribution >= 0.6 is 0 Å². The van der Waals surface area contributed by atoms with E-state index in [4.69, 9.17) is 0 Å². The Morgan fingerprint density at radius 3 is 2.59 bits per heavy atom. The lowest BCUT2D eigenvalue weighted by Crippen LogP contribution is -2.19. The van der Waals surface area contributed by atoms with E-state index in [1.54, 1.807) is 22.8 Å². The molecule has 0 amide bonds. The maximum absolute atomic E-state index is 11.9. The molecule has 86 valence electrons. The smallest absolute Gasteiger partial charge is 0.255 e. The van der Waals surface area contributed by atoms with Gasteiger partial charge in [-0.25, -0.2) is 0 Å². The average molecular weight is 225 g/mol. The Morgan fingerprint density at radius 2 is 1.94 bits per heavy atom. The number of aromatic nitrogens is 1. The van der Waals surface area contributed by atoms with E-state index in [9.17, 15) is 4.79 Å². The van der Waals surface area contributed by atoms with Gasteiger partial charge < -0.3 is 0 Å². The summed E-state index contributed by atoms with van der Waals surface area (Å²) in [6.45, 7) is 7.69. The summed E-state index contributed by atoms with van der Waals surface area (Å²) in [5, 5.41) is 0. The first-order chi connectivity index (χ1) is 8.13. The lowest BCUT2D eigenvalue weighted by Gasteiger charge is -2.13. The molecule has 2 heteroatoms. The second kappa shape index (κ2) is 4.42. The Balaban J connectivity index is 2.76. The van der Waals surface area contributed by atoms with Gasteiger partial charge in [0.15, 0.2) is 0 Å². The van der Waals surface area contributed by atoms with Gasteiger partial charge in [-0.1, -0.05) is 30.9 Å². The first kappa shape index (κ1) is 11.4. The molecular formula is C15H15NO. The molecule has 0 aliphatic carbocycles. The highest BCUT2D eigenvalue weighted by atomic mass is 16.1. The van der Waals surface area contributed by atoms with Crippen molar-refractivity contribution in [2.24, 2.45) is 0 Å². The third-order valence-electron chi connectivity index (χ3n) is 2.86. The van der Waals surface area contributed by atoms with Gasteiger partial charge in [0, 0.05) is 11.8 Å². The highest BCUT2D eigenvalue weighted by Crippen LogP contribution is 2.16. The molecule has 0 N–H and O–H groups in total. The molecule has 1 heterocycles. The van der Waals surface area contributed by atoms with Crippen LogP contribution in [0.3, 0.4) is 0 Å². The minimum Gasteiger partial charge on any atom is -0.281 e. The van der Waals surface area contributed by atoms with Crippen LogP contribution in [-0.2, 0) is 0 Å². The minimum absolute atomic E-state index is 0.00527. The molecule has 2 nitrogen and oxygen atoms in total. The van der Waals surface area contributed by atoms with Crippen LogP contribution in [0.25, 0.3) is 11.8 Å². The van der Waals surface area contributed by atoms with E-state index in [1.165, 1.54) is 0 Å². The molecule has 2 rings (SSSR count). The quantitative estimate of drug-likeness (QED) is 0.769. The number of hydrogen-bond acceptors (Lipinski definition) is 1. The zero-order chi connectivity index (χ0) is 12.4. The van der Waals surface area contributed by atoms with E-state index in [2.05, 4.69) is 6.58 Å². The SMILES string of the molecule is C=Cc1ccc(C)c(-n2c(C)cccc2=O)c1. The van der Waals surface area contributed by atoms with Gasteiger partial charge in [0.1, 0.15) is 0 Å². The fraction of sp³-hybridized carbons (Fsp3) is 0.133. The molecule has 1 aromatic carbocycles. The van der Waals surface area contributed by atoms with E-state index in [-0.39, 0.29) is 5.56 Å². The van der Waals surface area contributed by atoms with Crippen LogP contribution in [0.5, 0.6) is 0 Å². The molecule has 0 radical (unpaired) electrons. The van der Waals surface area contributed by atoms with Crippen molar-refractivity contribution in [1.29, 1.82) is 0 Å². The van der Waals surface area contributed by atoms with E-state index in [0.29, 0.717) is 0 Å². The summed E-state index contributed by atoms with van der Waals surface area (Å²) < 4.78 is 1.72. The molecule has 0 saturated heterocycles. The Hall–Kier alpha value is -2.09. The Morgan fingerprint density at radius 1 is 1.18 bits per heavy atom. The molecule has 0 unspecified atom stereocenters. The molecule has 0 spiro atoms. The molecule has 0 aliphatic heterocycles. The Bertz CT molecular complexity index is 623. The van der Waals surface area contributed by atoms with Crippen LogP contribution < -0.4 is 5.56 Å². The van der Waals surface area contributed by atoms with Crippen molar-refractivity contribution in [3.8, 4) is 5.69 Å². The standard InChI is InChI=1S/C15H15NO/c1-4-13-9-8-11(2)14(10-13)16-12(3)6-5-7-15(16)17/h4-10H,1H2,2-3H3. The zero-order valence-corrected chi connectivity index (χ0v) is 10.1. The highest BCUT2D eigenvalue weighted by Gasteiger charge is 2.05. The van der Waals surface area contributed by atoms with Gasteiger partial charge in [0.05, 0.1) is 5.69 Å². The normalized spacial score (nSPS) is 10.2. The molecule has 0 bridgehead atoms. The second-order valence-corrected chi connectivity index (χ2v) is 4.09. The topological polar surface area (TPSA) is 22.0 Å². The second-order valence-electron chi connectivity index (χ2n) is 4.09. The summed E-state index contributed by atoms with van der Waals surface area (Å²) in [6, 6.07) is 11.3. The summed E-state index contributed by atoms with van der Waals surface area (Å²) in [5.41, 5.74) is 3.94. The van der Waals surface area contributed by atoms with Gasteiger partial charge in [-0.2, -0.15) is 0 Å². The van der Waals surface area contributed by atoms with Crippen LogP contribution in [0.4, 0.5) is 0 Å². The summed E-state index contributed by atoms with van der Waals surface area (Å²) in [6.07, 6.45) is 1.78. The van der Waals surface area contributed by atoms with Gasteiger partial charge in [0.2, 0.25) is 0 Å². The van der Waals surface area contributed by atoms with Gasteiger partial charge in [-0.15, -0.1) is 0 Å². The van der Waals surface area contributed by atoms with Crippen LogP contribution in [0.15, 0.2) is 47.8 Å². The number of rotatable bonds is 2. The van der Waals surface area contributed by atoms with Crippen LogP contribution in [0.1, 0.15) is 16.8 Å². The van der Waals surface area contributed by atoms with Crippen molar-refractivity contribution in [2.75, 3.05) is 0 Å². The van der Waals surface area contributed by atoms with E-state index in [1.807, 2.05) is 38.1 Å². The number of nitrogens with zero attached hydrogens (tertiary/aromatic N) is 1. The van der Waals surface area contributed by atoms with E-state index >= 15 is 0 Å². The molecule has 0 fully saturated rings. The van der Waals surface area contributed by atoms with Gasteiger partial charge in [0.25, 0.3) is 5.56 Å². The maximum Gasteiger partial charge on any atom is 0.255 e. The summed E-state index contributed by atoms with van der Waals surface area (Å²) in [4.78, 5) is 11.9. The monoisotopic (exact) mass is 225 g/mol. The Labute approximate surface area is 101 Å². The number of aryl methyl sites for hydroxylation is 2. The van der Waals surface area contributed by atoms with Gasteiger partial charge in [-0.05, 0) is 37.1 Å². The fourth-order valence-electron chi connectivity index (χ4n) is 1.90. The van der Waals surface area contributed by atoms with E-state index in [0.717, 1.165) is 22.5 Å². The van der Waals surface area contributed by atoms with Crippen LogP contribution in [0, 0.1) is 13.8 Å². The lowest BCUT2D eigenvalue weighted by molar-refractivity contribution is 0.925. The Kier molecular flexibility index (Phi) is 2.96. The maximum atomic E-state index is 11.9. The van der Waals surface area contributed by atoms with Crippen molar-refractivity contribution in [3.63, 3.8) is 0 Å². The predicted molar refractivity (Wildman–Crippen MR) is 71.6 cm³/mol. The zero-order valence-electron chi connectivity index (χ0n) is 10.1.